The molecule has 0 saturated heterocycles. The number of aliphatic imine (C=N–C) groups is 1. The van der Waals surface area contributed by atoms with Crippen LogP contribution in [0.4, 0.5) is 0 Å². The van der Waals surface area contributed by atoms with Gasteiger partial charge < -0.3 is 19.3 Å². The van der Waals surface area contributed by atoms with Gasteiger partial charge in [0.15, 0.2) is 0 Å². The predicted octanol–water partition coefficient (Wildman–Crippen LogP) is 25.3. The van der Waals surface area contributed by atoms with E-state index in [2.05, 4.69) is 385 Å². The van der Waals surface area contributed by atoms with Crippen LogP contribution in [-0.4, -0.2) is 163 Å². The summed E-state index contributed by atoms with van der Waals surface area (Å²) in [7, 11) is 10.9. The minimum absolute atomic E-state index is 0.388. The fourth-order valence-corrected chi connectivity index (χ4v) is 12.7. The molecule has 0 spiro atoms. The topological polar surface area (TPSA) is 330 Å². The molecule has 2 aliphatic rings. The number of aryl methyl sites for hydroxylation is 10. The Hall–Kier alpha value is -10.9. The Morgan fingerprint density at radius 3 is 1.14 bits per heavy atom. The van der Waals surface area contributed by atoms with E-state index < -0.39 is 5.54 Å². The summed E-state index contributed by atoms with van der Waals surface area (Å²) < 4.78 is 32.4. The number of hydrogen-bond acceptors (Lipinski definition) is 18. The van der Waals surface area contributed by atoms with Gasteiger partial charge in [-0.05, 0) is 230 Å². The second-order valence-corrected chi connectivity index (χ2v) is 40.0. The number of allylic oxidation sites excluding steroid dienone is 1. The highest BCUT2D eigenvalue weighted by atomic mass is 16.5. The molecule has 14 rings (SSSR count). The monoisotopic (exact) mass is 1940 g/mol. The van der Waals surface area contributed by atoms with Crippen LogP contribution in [0.3, 0.4) is 0 Å². The van der Waals surface area contributed by atoms with Crippen molar-refractivity contribution in [2.75, 3.05) is 27.9 Å². The van der Waals surface area contributed by atoms with Crippen molar-refractivity contribution >= 4 is 5.71 Å². The molecular weight excluding hydrogens is 1750 g/mol. The molecule has 13 heterocycles. The number of nitrogens with one attached hydrogen (secondary N) is 3. The second kappa shape index (κ2) is 65.2. The van der Waals surface area contributed by atoms with Crippen molar-refractivity contribution in [1.29, 1.82) is 5.26 Å². The van der Waals surface area contributed by atoms with Crippen LogP contribution in [-0.2, 0) is 94.8 Å². The average molecular weight is 1940 g/mol. The Bertz CT molecular complexity index is 5080. The van der Waals surface area contributed by atoms with E-state index in [0.29, 0.717) is 103 Å². The molecule has 30 nitrogen and oxygen atoms in total. The summed E-state index contributed by atoms with van der Waals surface area (Å²) in [5, 5.41) is 78.6. The molecule has 12 aromatic heterocycles. The SMILES string of the molecule is CC(C)C1=NCC=C1.CC(C)c1ccn(C(C)(C)C#N)n1.CC(C)c1ccn(C)n1.CC(C)c1ccn(C2CC2)n1.CCc1cc(C(C)C)n[nH]1.CCc1cc(C(C)C)nn1C.CCc1cc(C(C)C)nn1CC.CCn1ccc(C(C)C)n1.CCn1ccc(C(C)C)n1.COCc1cc(C(C)C)nn1C.COCc1cc(C(C)C)nn1CC(C)O.COc1cc(C(C)C)[nH]n1.Cc1cc(C(C)C)n[nH]1. The van der Waals surface area contributed by atoms with Gasteiger partial charge in [0, 0.05) is 126 Å². The number of aliphatic hydroxyl groups excluding tert-OH is 1. The maximum atomic E-state index is 9.34. The van der Waals surface area contributed by atoms with E-state index >= 15 is 0 Å². The second-order valence-electron chi connectivity index (χ2n) is 40.0. The third kappa shape index (κ3) is 46.7. The van der Waals surface area contributed by atoms with Crippen molar-refractivity contribution in [3.63, 3.8) is 0 Å². The van der Waals surface area contributed by atoms with Crippen LogP contribution < -0.4 is 4.74 Å². The van der Waals surface area contributed by atoms with Crippen LogP contribution in [0.25, 0.3) is 0 Å². The number of ether oxygens (including phenoxy) is 3. The number of aromatic amines is 3. The van der Waals surface area contributed by atoms with Gasteiger partial charge in [0.25, 0.3) is 0 Å². The van der Waals surface area contributed by atoms with Crippen LogP contribution in [0.15, 0.2) is 121 Å². The molecule has 782 valence electrons. The quantitative estimate of drug-likeness (QED) is 0.0354. The van der Waals surface area contributed by atoms with E-state index in [1.807, 2.05) is 119 Å². The lowest BCUT2D eigenvalue weighted by molar-refractivity contribution is 0.151. The Morgan fingerprint density at radius 2 is 0.836 bits per heavy atom. The summed E-state index contributed by atoms with van der Waals surface area (Å²) in [6.07, 6.45) is 19.6. The van der Waals surface area contributed by atoms with Gasteiger partial charge in [-0.3, -0.25) is 62.4 Å². The van der Waals surface area contributed by atoms with Crippen LogP contribution >= 0.6 is 0 Å². The lowest BCUT2D eigenvalue weighted by Gasteiger charge is -2.15. The minimum atomic E-state index is -0.548. The highest BCUT2D eigenvalue weighted by molar-refractivity contribution is 5.97. The summed E-state index contributed by atoms with van der Waals surface area (Å²) >= 11 is 0. The molecule has 0 radical (unpaired) electrons. The van der Waals surface area contributed by atoms with Crippen molar-refractivity contribution in [3.05, 3.63) is 218 Å². The van der Waals surface area contributed by atoms with Gasteiger partial charge in [-0.25, -0.2) is 0 Å². The fourth-order valence-electron chi connectivity index (χ4n) is 12.7. The van der Waals surface area contributed by atoms with E-state index in [4.69, 9.17) is 19.5 Å². The molecule has 1 aliphatic heterocycles. The maximum Gasteiger partial charge on any atom is 0.232 e. The van der Waals surface area contributed by atoms with Gasteiger partial charge in [0.05, 0.1) is 126 Å². The Labute approximate surface area is 844 Å². The normalized spacial score (nSPS) is 12.1. The first kappa shape index (κ1) is 125. The Morgan fingerprint density at radius 1 is 0.414 bits per heavy atom. The first-order valence-electron chi connectivity index (χ1n) is 51.2. The lowest BCUT2D eigenvalue weighted by atomic mass is 10.1. The van der Waals surface area contributed by atoms with E-state index in [-0.39, 0.29) is 6.10 Å². The molecular formula is C110H188N26O4. The molecule has 1 fully saturated rings. The molecule has 0 amide bonds. The fraction of sp³-hybridized carbons (Fsp3) is 0.636. The first-order chi connectivity index (χ1) is 65.9. The average Bonchev–Trinajstić information content (AvgIpc) is 1.66. The third-order valence-electron chi connectivity index (χ3n) is 22.4. The number of aromatic nitrogens is 24. The summed E-state index contributed by atoms with van der Waals surface area (Å²) in [6.45, 7) is 81.5. The largest absolute Gasteiger partial charge is 0.480 e. The van der Waals surface area contributed by atoms with Crippen LogP contribution in [0.5, 0.6) is 5.88 Å². The number of aliphatic hydroxyl groups is 1. The molecule has 1 aliphatic carbocycles. The van der Waals surface area contributed by atoms with Crippen molar-refractivity contribution in [2.45, 2.75) is 409 Å². The zero-order chi connectivity index (χ0) is 106. The van der Waals surface area contributed by atoms with E-state index in [9.17, 15) is 5.11 Å². The molecule has 0 aromatic carbocycles. The maximum absolute atomic E-state index is 9.34. The summed E-state index contributed by atoms with van der Waals surface area (Å²) in [6, 6.07) is 27.9. The number of nitriles is 1. The zero-order valence-corrected chi connectivity index (χ0v) is 94.6. The predicted molar refractivity (Wildman–Crippen MR) is 577 cm³/mol. The zero-order valence-electron chi connectivity index (χ0n) is 94.6. The number of H-pyrrole nitrogens is 3. The molecule has 30 heteroatoms. The lowest BCUT2D eigenvalue weighted by Crippen LogP contribution is -2.24. The minimum Gasteiger partial charge on any atom is -0.480 e. The van der Waals surface area contributed by atoms with Crippen LogP contribution in [0.1, 0.15) is 435 Å². The van der Waals surface area contributed by atoms with E-state index in [1.54, 1.807) is 32.9 Å². The van der Waals surface area contributed by atoms with Gasteiger partial charge in [0.2, 0.25) is 5.88 Å². The Kier molecular flexibility index (Phi) is 58.3. The van der Waals surface area contributed by atoms with Crippen molar-refractivity contribution in [2.24, 2.45) is 32.1 Å². The smallest absolute Gasteiger partial charge is 0.232 e. The van der Waals surface area contributed by atoms with Crippen LogP contribution in [0, 0.1) is 24.2 Å². The number of rotatable bonds is 28. The van der Waals surface area contributed by atoms with Crippen molar-refractivity contribution < 1.29 is 19.3 Å². The van der Waals surface area contributed by atoms with Gasteiger partial charge in [-0.1, -0.05) is 207 Å². The van der Waals surface area contributed by atoms with E-state index in [1.165, 1.54) is 64.1 Å². The number of methoxy groups -OCH3 is 3. The van der Waals surface area contributed by atoms with Gasteiger partial charge in [-0.15, -0.1) is 5.10 Å². The van der Waals surface area contributed by atoms with Gasteiger partial charge in [0.1, 0.15) is 5.54 Å². The number of nitrogens with zero attached hydrogens (tertiary/aromatic N) is 23. The highest BCUT2D eigenvalue weighted by Crippen LogP contribution is 2.34. The summed E-state index contributed by atoms with van der Waals surface area (Å²) in [5.41, 5.74) is 21.6. The molecule has 140 heavy (non-hydrogen) atoms. The summed E-state index contributed by atoms with van der Waals surface area (Å²) in [5.74, 6) is 7.42. The number of hydrogen-bond donors (Lipinski definition) is 4. The Balaban J connectivity index is 0.000000514. The highest BCUT2D eigenvalue weighted by Gasteiger charge is 2.25. The first-order valence-corrected chi connectivity index (χ1v) is 51.2. The van der Waals surface area contributed by atoms with E-state index in [0.717, 1.165) is 108 Å². The molecule has 12 aromatic rings. The molecule has 1 unspecified atom stereocenters. The molecule has 1 saturated carbocycles. The molecule has 0 bridgehead atoms. The third-order valence-corrected chi connectivity index (χ3v) is 22.4. The molecule has 1 atom stereocenters. The molecule has 4 N–H and O–H groups in total. The van der Waals surface area contributed by atoms with Crippen molar-refractivity contribution in [1.82, 2.24) is 119 Å². The van der Waals surface area contributed by atoms with Crippen molar-refractivity contribution in [3.8, 4) is 11.9 Å². The van der Waals surface area contributed by atoms with Crippen LogP contribution in [0.2, 0.25) is 0 Å². The summed E-state index contributed by atoms with van der Waals surface area (Å²) in [4.78, 5) is 4.24. The van der Waals surface area contributed by atoms with Gasteiger partial charge >= 0.3 is 0 Å². The van der Waals surface area contributed by atoms with Gasteiger partial charge in [-0.2, -0.15) is 61.3 Å². The standard InChI is InChI=1S/C11H20N2O2.C10H15N3.C10H18N2.C9H16N2O.C9H14N2.C9H16N2.3C8H14N2.C7H12N2O.2C7H12N2.C7H11N/c1-8(2)11-5-10(7-15-4)13(12-11)6-9(3)14;1-8(2)9-5-6-13(12-9)10(3,4)7-11;1-5-9-7-10(8(3)4)11-12(9)6-2;1-7(2)9-5-8(6-12-4)11(3)10-9;1-7(2)9-5-6-11(10-9)8-3-4-8;1-5-8-6-9(7(2)3)10-11(8)4;2*1-4-10-6-5-8(9-10)7(2)3;1-4-7-5-8(6(2)3)10-9-7;1-5(2)6-4-7(10-3)9-8-6;1-6(2)7-4-5-9(3)8-7;1-5(2)7-4-6(3)8-9-7;1-6(2)7-4-3-5-8-7/h5,8-9,14H,6-7H2,1-4H3;5-6,8H,1-4H3;7-8H,5-6H2,1-4H3;5,7H,6H2,1-4H3;5-8H,3-4H2,1-2H3;6-7H,5H2,1-4H3;2*5-7H,4H2,1-3H3;5-6H,4H2,1-3H3,(H,9,10);4-5H,1-3H3,(H,8,9);4-6H,1-3H3;4-5H,1-3H3,(H,8,9);3-4,6H,5H2,1-2H3.